The van der Waals surface area contributed by atoms with Gasteiger partial charge in [-0.2, -0.15) is 0 Å². The van der Waals surface area contributed by atoms with E-state index in [0.29, 0.717) is 17.6 Å². The van der Waals surface area contributed by atoms with Crippen LogP contribution >= 0.6 is 0 Å². The highest BCUT2D eigenvalue weighted by Crippen LogP contribution is 2.24. The van der Waals surface area contributed by atoms with Gasteiger partial charge in [0.15, 0.2) is 12.0 Å². The van der Waals surface area contributed by atoms with Crippen molar-refractivity contribution in [3.8, 4) is 11.3 Å². The van der Waals surface area contributed by atoms with Gasteiger partial charge in [0.25, 0.3) is 0 Å². The van der Waals surface area contributed by atoms with Crippen molar-refractivity contribution < 1.29 is 18.8 Å². The summed E-state index contributed by atoms with van der Waals surface area (Å²) in [5.74, 6) is -0.897. The minimum absolute atomic E-state index is 0.135. The molecular weight excluding hydrogens is 248 g/mol. The van der Waals surface area contributed by atoms with E-state index in [2.05, 4.69) is 0 Å². The van der Waals surface area contributed by atoms with Gasteiger partial charge in [-0.15, -0.1) is 0 Å². The largest absolute Gasteiger partial charge is 0.453 e. The number of amides is 2. The molecule has 4 N–H and O–H groups in total. The summed E-state index contributed by atoms with van der Waals surface area (Å²) in [6.45, 7) is 0. The van der Waals surface area contributed by atoms with Gasteiger partial charge >= 0.3 is 0 Å². The molecule has 6 heteroatoms. The van der Waals surface area contributed by atoms with E-state index in [9.17, 15) is 14.4 Å². The second kappa shape index (κ2) is 4.77. The van der Waals surface area contributed by atoms with E-state index < -0.39 is 11.8 Å². The van der Waals surface area contributed by atoms with Gasteiger partial charge in [-0.05, 0) is 30.3 Å². The van der Waals surface area contributed by atoms with E-state index in [4.69, 9.17) is 15.9 Å². The first-order valence-corrected chi connectivity index (χ1v) is 5.31. The highest BCUT2D eigenvalue weighted by Gasteiger charge is 2.12. The molecule has 0 aliphatic rings. The second-order valence-corrected chi connectivity index (χ2v) is 3.85. The first-order valence-electron chi connectivity index (χ1n) is 5.31. The lowest BCUT2D eigenvalue weighted by molar-refractivity contribution is 0.0999. The van der Waals surface area contributed by atoms with E-state index in [0.717, 1.165) is 0 Å². The van der Waals surface area contributed by atoms with Crippen LogP contribution in [0.4, 0.5) is 0 Å². The fourth-order valence-corrected chi connectivity index (χ4v) is 1.63. The summed E-state index contributed by atoms with van der Waals surface area (Å²) in [5, 5.41) is 0. The normalized spacial score (nSPS) is 10.1. The number of benzene rings is 1. The highest BCUT2D eigenvalue weighted by atomic mass is 16.3. The fourth-order valence-electron chi connectivity index (χ4n) is 1.63. The molecule has 0 spiro atoms. The molecular formula is C13H10N2O4. The first kappa shape index (κ1) is 12.6. The maximum absolute atomic E-state index is 11.2. The number of carbonyl (C=O) groups is 3. The van der Waals surface area contributed by atoms with Gasteiger partial charge in [0.1, 0.15) is 5.76 Å². The number of hydrogen-bond acceptors (Lipinski definition) is 4. The molecule has 96 valence electrons. The Hall–Kier alpha value is -2.89. The zero-order chi connectivity index (χ0) is 14.0. The van der Waals surface area contributed by atoms with Crippen molar-refractivity contribution >= 4 is 18.1 Å². The lowest BCUT2D eigenvalue weighted by Gasteiger charge is -2.04. The van der Waals surface area contributed by atoms with Gasteiger partial charge < -0.3 is 15.9 Å². The van der Waals surface area contributed by atoms with Gasteiger partial charge in [0.2, 0.25) is 11.8 Å². The summed E-state index contributed by atoms with van der Waals surface area (Å²) in [5.41, 5.74) is 11.1. The van der Waals surface area contributed by atoms with Crippen LogP contribution in [-0.4, -0.2) is 18.1 Å². The summed E-state index contributed by atoms with van der Waals surface area (Å²) in [6, 6.07) is 7.25. The summed E-state index contributed by atoms with van der Waals surface area (Å²) >= 11 is 0. The van der Waals surface area contributed by atoms with Gasteiger partial charge in [0.05, 0.1) is 0 Å². The van der Waals surface area contributed by atoms with Crippen LogP contribution in [0.2, 0.25) is 0 Å². The number of primary amides is 2. The van der Waals surface area contributed by atoms with Crippen LogP contribution in [0.3, 0.4) is 0 Å². The molecule has 0 atom stereocenters. The lowest BCUT2D eigenvalue weighted by atomic mass is 10.0. The van der Waals surface area contributed by atoms with Crippen LogP contribution in [0, 0.1) is 0 Å². The first-order chi connectivity index (χ1) is 9.01. The van der Waals surface area contributed by atoms with Crippen molar-refractivity contribution in [2.75, 3.05) is 0 Å². The molecule has 1 heterocycles. The molecule has 0 fully saturated rings. The minimum Gasteiger partial charge on any atom is -0.453 e. The Morgan fingerprint density at radius 1 is 1.00 bits per heavy atom. The number of carbonyl (C=O) groups excluding carboxylic acids is 3. The van der Waals surface area contributed by atoms with Crippen LogP contribution in [0.5, 0.6) is 0 Å². The number of aldehydes is 1. The van der Waals surface area contributed by atoms with Gasteiger partial charge in [-0.1, -0.05) is 0 Å². The predicted molar refractivity (Wildman–Crippen MR) is 66.6 cm³/mol. The molecule has 2 amide bonds. The van der Waals surface area contributed by atoms with Crippen molar-refractivity contribution in [3.05, 3.63) is 47.2 Å². The van der Waals surface area contributed by atoms with Crippen molar-refractivity contribution in [1.29, 1.82) is 0 Å². The molecule has 0 radical (unpaired) electrons. The lowest BCUT2D eigenvalue weighted by Crippen LogP contribution is -2.15. The van der Waals surface area contributed by atoms with Gasteiger partial charge in [0, 0.05) is 16.7 Å². The Bertz CT molecular complexity index is 641. The van der Waals surface area contributed by atoms with Crippen LogP contribution in [0.1, 0.15) is 31.3 Å². The molecule has 0 aliphatic heterocycles. The van der Waals surface area contributed by atoms with Crippen LogP contribution in [0.25, 0.3) is 11.3 Å². The van der Waals surface area contributed by atoms with Gasteiger partial charge in [-0.3, -0.25) is 14.4 Å². The second-order valence-electron chi connectivity index (χ2n) is 3.85. The van der Waals surface area contributed by atoms with E-state index in [1.165, 1.54) is 24.3 Å². The third kappa shape index (κ3) is 2.52. The predicted octanol–water partition coefficient (Wildman–Crippen LogP) is 0.957. The van der Waals surface area contributed by atoms with Crippen LogP contribution in [-0.2, 0) is 0 Å². The topological polar surface area (TPSA) is 116 Å². The van der Waals surface area contributed by atoms with E-state index in [-0.39, 0.29) is 16.9 Å². The van der Waals surface area contributed by atoms with Crippen LogP contribution in [0.15, 0.2) is 34.7 Å². The summed E-state index contributed by atoms with van der Waals surface area (Å²) in [6.07, 6.45) is 0.552. The Kier molecular flexibility index (Phi) is 3.15. The van der Waals surface area contributed by atoms with Crippen LogP contribution < -0.4 is 11.5 Å². The quantitative estimate of drug-likeness (QED) is 0.794. The smallest absolute Gasteiger partial charge is 0.248 e. The van der Waals surface area contributed by atoms with E-state index in [1.54, 1.807) is 6.07 Å². The molecule has 1 aromatic heterocycles. The van der Waals surface area contributed by atoms with Crippen molar-refractivity contribution in [3.63, 3.8) is 0 Å². The third-order valence-electron chi connectivity index (χ3n) is 2.53. The molecule has 2 rings (SSSR count). The molecule has 2 aromatic rings. The molecule has 19 heavy (non-hydrogen) atoms. The summed E-state index contributed by atoms with van der Waals surface area (Å²) < 4.78 is 5.22. The number of hydrogen-bond donors (Lipinski definition) is 2. The zero-order valence-electron chi connectivity index (χ0n) is 9.75. The Balaban J connectivity index is 2.58. The van der Waals surface area contributed by atoms with Crippen molar-refractivity contribution in [2.45, 2.75) is 0 Å². The van der Waals surface area contributed by atoms with Crippen molar-refractivity contribution in [2.24, 2.45) is 11.5 Å². The van der Waals surface area contributed by atoms with E-state index >= 15 is 0 Å². The molecule has 0 bridgehead atoms. The number of rotatable bonds is 4. The average Bonchev–Trinajstić information content (AvgIpc) is 2.86. The molecule has 0 unspecified atom stereocenters. The molecule has 1 aromatic carbocycles. The van der Waals surface area contributed by atoms with E-state index in [1.807, 2.05) is 0 Å². The van der Waals surface area contributed by atoms with Crippen molar-refractivity contribution in [1.82, 2.24) is 0 Å². The maximum atomic E-state index is 11.2. The Morgan fingerprint density at radius 2 is 1.58 bits per heavy atom. The van der Waals surface area contributed by atoms with Gasteiger partial charge in [-0.25, -0.2) is 0 Å². The zero-order valence-corrected chi connectivity index (χ0v) is 9.75. The highest BCUT2D eigenvalue weighted by molar-refractivity contribution is 6.00. The Labute approximate surface area is 108 Å². The molecule has 0 aliphatic carbocycles. The number of furan rings is 1. The molecule has 0 saturated carbocycles. The fraction of sp³-hybridized carbons (Fsp3) is 0. The summed E-state index contributed by atoms with van der Waals surface area (Å²) in [4.78, 5) is 33.0. The third-order valence-corrected chi connectivity index (χ3v) is 2.53. The number of nitrogens with two attached hydrogens (primary N) is 2. The standard InChI is InChI=1S/C13H10N2O4/c14-12(17)8-3-7(4-9(5-8)13(15)18)11-2-1-10(6-16)19-11/h1-6H,(H2,14,17)(H2,15,18). The summed E-state index contributed by atoms with van der Waals surface area (Å²) in [7, 11) is 0. The molecule has 6 nitrogen and oxygen atoms in total. The maximum Gasteiger partial charge on any atom is 0.248 e. The average molecular weight is 258 g/mol. The molecule has 0 saturated heterocycles. The monoisotopic (exact) mass is 258 g/mol. The SMILES string of the molecule is NC(=O)c1cc(C(N)=O)cc(-c2ccc(C=O)o2)c1. The Morgan fingerprint density at radius 3 is 2.00 bits per heavy atom. The minimum atomic E-state index is -0.688.